The average Bonchev–Trinajstić information content (AvgIpc) is 2.90. The molecule has 0 aliphatic rings. The topological polar surface area (TPSA) is 132 Å². The summed E-state index contributed by atoms with van der Waals surface area (Å²) < 4.78 is 5.40. The molecule has 0 aromatic heterocycles. The molecule has 3 amide bonds. The van der Waals surface area contributed by atoms with E-state index in [2.05, 4.69) is 10.6 Å². The van der Waals surface area contributed by atoms with Gasteiger partial charge >= 0.3 is 6.09 Å². The lowest BCUT2D eigenvalue weighted by Crippen LogP contribution is -2.53. The SMILES string of the molecule is Cc1cccc(Cl)c1NC(=O)C(c1ccc(O)cc1)N(CC#N)C(=O)C(Cc1ccccc1)NC(=O)OC(C)(C)C. The number of carbonyl (C=O) groups is 3. The fourth-order valence-electron chi connectivity index (χ4n) is 4.18. The van der Waals surface area contributed by atoms with Crippen molar-refractivity contribution in [2.45, 2.75) is 51.8 Å². The van der Waals surface area contributed by atoms with Crippen LogP contribution in [-0.2, 0) is 20.7 Å². The summed E-state index contributed by atoms with van der Waals surface area (Å²) in [5, 5.41) is 25.3. The van der Waals surface area contributed by atoms with Gasteiger partial charge in [0.25, 0.3) is 5.91 Å². The lowest BCUT2D eigenvalue weighted by atomic mass is 10.00. The number of nitriles is 1. The van der Waals surface area contributed by atoms with Crippen molar-refractivity contribution in [3.63, 3.8) is 0 Å². The van der Waals surface area contributed by atoms with Crippen molar-refractivity contribution in [2.24, 2.45) is 0 Å². The van der Waals surface area contributed by atoms with E-state index in [-0.39, 0.29) is 12.2 Å². The number of carbonyl (C=O) groups excluding carboxylic acids is 3. The molecular weight excluding hydrogens is 544 g/mol. The first-order valence-corrected chi connectivity index (χ1v) is 13.3. The van der Waals surface area contributed by atoms with E-state index in [0.717, 1.165) is 10.5 Å². The quantitative estimate of drug-likeness (QED) is 0.287. The van der Waals surface area contributed by atoms with Crippen LogP contribution in [0.1, 0.15) is 43.5 Å². The van der Waals surface area contributed by atoms with Gasteiger partial charge in [-0.05, 0) is 62.6 Å². The van der Waals surface area contributed by atoms with Crippen LogP contribution in [0.15, 0.2) is 72.8 Å². The number of para-hydroxylation sites is 1. The number of aromatic hydroxyl groups is 1. The molecule has 3 aromatic carbocycles. The highest BCUT2D eigenvalue weighted by molar-refractivity contribution is 6.34. The van der Waals surface area contributed by atoms with E-state index < -0.39 is 42.1 Å². The minimum absolute atomic E-state index is 0.0402. The van der Waals surface area contributed by atoms with Crippen LogP contribution in [0.3, 0.4) is 0 Å². The maximum absolute atomic E-state index is 14.2. The van der Waals surface area contributed by atoms with Crippen LogP contribution in [0, 0.1) is 18.3 Å². The van der Waals surface area contributed by atoms with Crippen molar-refractivity contribution in [2.75, 3.05) is 11.9 Å². The Bertz CT molecular complexity index is 1390. The predicted octanol–water partition coefficient (Wildman–Crippen LogP) is 5.52. The van der Waals surface area contributed by atoms with E-state index in [0.29, 0.717) is 21.8 Å². The van der Waals surface area contributed by atoms with Crippen LogP contribution < -0.4 is 10.6 Å². The molecule has 2 unspecified atom stereocenters. The first-order valence-electron chi connectivity index (χ1n) is 13.0. The first-order chi connectivity index (χ1) is 19.4. The molecule has 0 saturated carbocycles. The summed E-state index contributed by atoms with van der Waals surface area (Å²) in [5.74, 6) is -1.35. The van der Waals surface area contributed by atoms with Gasteiger partial charge in [-0.3, -0.25) is 9.59 Å². The van der Waals surface area contributed by atoms with Crippen LogP contribution in [0.5, 0.6) is 5.75 Å². The van der Waals surface area contributed by atoms with Crippen molar-refractivity contribution in [1.82, 2.24) is 10.2 Å². The van der Waals surface area contributed by atoms with Crippen molar-refractivity contribution in [1.29, 1.82) is 5.26 Å². The van der Waals surface area contributed by atoms with Gasteiger partial charge < -0.3 is 25.4 Å². The number of aryl methyl sites for hydroxylation is 1. The lowest BCUT2D eigenvalue weighted by Gasteiger charge is -2.33. The van der Waals surface area contributed by atoms with Gasteiger partial charge in [0.05, 0.1) is 16.8 Å². The van der Waals surface area contributed by atoms with E-state index in [1.165, 1.54) is 24.3 Å². The number of phenols is 1. The maximum atomic E-state index is 14.2. The highest BCUT2D eigenvalue weighted by atomic mass is 35.5. The van der Waals surface area contributed by atoms with Crippen LogP contribution in [0.25, 0.3) is 0 Å². The molecule has 0 aliphatic carbocycles. The first kappa shape index (κ1) is 31.0. The highest BCUT2D eigenvalue weighted by Crippen LogP contribution is 2.30. The van der Waals surface area contributed by atoms with Gasteiger partial charge in [0.15, 0.2) is 0 Å². The largest absolute Gasteiger partial charge is 0.508 e. The van der Waals surface area contributed by atoms with E-state index in [4.69, 9.17) is 16.3 Å². The van der Waals surface area contributed by atoms with Crippen LogP contribution in [-0.4, -0.2) is 46.1 Å². The number of halogens is 1. The minimum atomic E-state index is -1.31. The predicted molar refractivity (Wildman–Crippen MR) is 156 cm³/mol. The number of nitrogens with zero attached hydrogens (tertiary/aromatic N) is 2. The van der Waals surface area contributed by atoms with Gasteiger partial charge in [-0.2, -0.15) is 5.26 Å². The molecular formula is C31H33ClN4O5. The molecule has 3 aromatic rings. The second-order valence-corrected chi connectivity index (χ2v) is 10.8. The Balaban J connectivity index is 2.06. The molecule has 0 radical (unpaired) electrons. The van der Waals surface area contributed by atoms with Gasteiger partial charge in [0.2, 0.25) is 5.91 Å². The monoisotopic (exact) mass is 576 g/mol. The summed E-state index contributed by atoms with van der Waals surface area (Å²) in [6.07, 6.45) is -0.741. The minimum Gasteiger partial charge on any atom is -0.508 e. The second kappa shape index (κ2) is 13.7. The van der Waals surface area contributed by atoms with Crippen LogP contribution in [0.4, 0.5) is 10.5 Å². The molecule has 9 nitrogen and oxygen atoms in total. The third-order valence-corrected chi connectivity index (χ3v) is 6.35. The molecule has 214 valence electrons. The molecule has 3 rings (SSSR count). The van der Waals surface area contributed by atoms with Gasteiger partial charge in [0.1, 0.15) is 30.0 Å². The van der Waals surface area contributed by atoms with Gasteiger partial charge in [-0.1, -0.05) is 66.2 Å². The number of rotatable bonds is 9. The van der Waals surface area contributed by atoms with E-state index >= 15 is 0 Å². The molecule has 10 heteroatoms. The molecule has 0 heterocycles. The standard InChI is InChI=1S/C31H33ClN4O5/c1-20-9-8-12-24(32)26(20)35-28(38)27(22-13-15-23(37)16-14-22)36(18-17-33)29(39)25(19-21-10-6-5-7-11-21)34-30(40)41-31(2,3)4/h5-16,25,27,37H,18-19H2,1-4H3,(H,34,40)(H,35,38). The molecule has 0 saturated heterocycles. The van der Waals surface area contributed by atoms with E-state index in [1.54, 1.807) is 70.2 Å². The Morgan fingerprint density at radius 1 is 1.02 bits per heavy atom. The summed E-state index contributed by atoms with van der Waals surface area (Å²) in [6, 6.07) is 19.4. The normalized spacial score (nSPS) is 12.4. The number of alkyl carbamates (subject to hydrolysis) is 1. The molecule has 0 spiro atoms. The van der Waals surface area contributed by atoms with Gasteiger partial charge in [0, 0.05) is 6.42 Å². The zero-order valence-corrected chi connectivity index (χ0v) is 24.1. The number of phenolic OH excluding ortho intramolecular Hbond substituents is 1. The fraction of sp³-hybridized carbons (Fsp3) is 0.290. The van der Waals surface area contributed by atoms with Crippen molar-refractivity contribution in [3.05, 3.63) is 94.5 Å². The zero-order valence-electron chi connectivity index (χ0n) is 23.3. The van der Waals surface area contributed by atoms with Crippen LogP contribution in [0.2, 0.25) is 5.02 Å². The fourth-order valence-corrected chi connectivity index (χ4v) is 4.45. The number of benzene rings is 3. The van der Waals surface area contributed by atoms with Crippen molar-refractivity contribution < 1.29 is 24.2 Å². The summed E-state index contributed by atoms with van der Waals surface area (Å²) in [5.41, 5.74) is 1.32. The Labute approximate surface area is 244 Å². The summed E-state index contributed by atoms with van der Waals surface area (Å²) >= 11 is 6.36. The van der Waals surface area contributed by atoms with E-state index in [9.17, 15) is 24.8 Å². The molecule has 2 atom stereocenters. The Hall–Kier alpha value is -4.55. The number of nitrogens with one attached hydrogen (secondary N) is 2. The van der Waals surface area contributed by atoms with Gasteiger partial charge in [-0.15, -0.1) is 0 Å². The molecule has 0 aliphatic heterocycles. The summed E-state index contributed by atoms with van der Waals surface area (Å²) in [6.45, 7) is 6.40. The Morgan fingerprint density at radius 2 is 1.68 bits per heavy atom. The number of hydrogen-bond donors (Lipinski definition) is 3. The Kier molecular flexibility index (Phi) is 10.3. The molecule has 0 bridgehead atoms. The smallest absolute Gasteiger partial charge is 0.408 e. The lowest BCUT2D eigenvalue weighted by molar-refractivity contribution is -0.140. The second-order valence-electron chi connectivity index (χ2n) is 10.4. The van der Waals surface area contributed by atoms with E-state index in [1.807, 2.05) is 12.1 Å². The number of ether oxygens (including phenoxy) is 1. The van der Waals surface area contributed by atoms with Gasteiger partial charge in [-0.25, -0.2) is 4.79 Å². The number of hydrogen-bond acceptors (Lipinski definition) is 6. The van der Waals surface area contributed by atoms with Crippen molar-refractivity contribution in [3.8, 4) is 11.8 Å². The maximum Gasteiger partial charge on any atom is 0.408 e. The Morgan fingerprint density at radius 3 is 2.27 bits per heavy atom. The molecule has 0 fully saturated rings. The summed E-state index contributed by atoms with van der Waals surface area (Å²) in [4.78, 5) is 41.9. The van der Waals surface area contributed by atoms with Crippen LogP contribution >= 0.6 is 11.6 Å². The molecule has 41 heavy (non-hydrogen) atoms. The number of amides is 3. The third-order valence-electron chi connectivity index (χ3n) is 6.03. The third kappa shape index (κ3) is 8.72. The average molecular weight is 577 g/mol. The highest BCUT2D eigenvalue weighted by Gasteiger charge is 2.37. The number of anilines is 1. The van der Waals surface area contributed by atoms with Crippen molar-refractivity contribution >= 4 is 35.2 Å². The molecule has 3 N–H and O–H groups in total. The zero-order chi connectivity index (χ0) is 30.2. The summed E-state index contributed by atoms with van der Waals surface area (Å²) in [7, 11) is 0.